The summed E-state index contributed by atoms with van der Waals surface area (Å²) in [5.41, 5.74) is -0.147. The number of ether oxygens (including phenoxy) is 1. The molecule has 8 nitrogen and oxygen atoms in total. The second-order valence-corrected chi connectivity index (χ2v) is 5.52. The van der Waals surface area contributed by atoms with Crippen molar-refractivity contribution >= 4 is 5.97 Å². The number of H-pyrrole nitrogens is 2. The molecule has 1 saturated heterocycles. The van der Waals surface area contributed by atoms with Gasteiger partial charge in [0.05, 0.1) is 17.2 Å². The van der Waals surface area contributed by atoms with Crippen LogP contribution in [0.1, 0.15) is 28.4 Å². The molecule has 126 valence electrons. The van der Waals surface area contributed by atoms with Crippen LogP contribution in [-0.4, -0.2) is 40.8 Å². The Morgan fingerprint density at radius 3 is 2.79 bits per heavy atom. The fourth-order valence-electron chi connectivity index (χ4n) is 2.66. The van der Waals surface area contributed by atoms with Crippen molar-refractivity contribution in [3.63, 3.8) is 0 Å². The summed E-state index contributed by atoms with van der Waals surface area (Å²) in [4.78, 5) is 45.2. The predicted octanol–water partition coefficient (Wildman–Crippen LogP) is 0.597. The maximum atomic E-state index is 11.9. The van der Waals surface area contributed by atoms with Crippen molar-refractivity contribution in [2.24, 2.45) is 0 Å². The molecule has 1 aliphatic heterocycles. The van der Waals surface area contributed by atoms with Gasteiger partial charge < -0.3 is 9.72 Å². The van der Waals surface area contributed by atoms with E-state index in [2.05, 4.69) is 9.97 Å². The highest BCUT2D eigenvalue weighted by atomic mass is 16.7. The summed E-state index contributed by atoms with van der Waals surface area (Å²) in [6.07, 6.45) is 1.48. The average Bonchev–Trinajstić information content (AvgIpc) is 2.94. The van der Waals surface area contributed by atoms with Gasteiger partial charge in [0, 0.05) is 19.7 Å². The number of hydroxylamine groups is 2. The normalized spacial score (nSPS) is 20.9. The molecule has 3 rings (SSSR count). The number of hydrogen-bond donors (Lipinski definition) is 2. The molecule has 1 aromatic heterocycles. The number of nitrogens with one attached hydrogen (secondary N) is 2. The molecule has 0 amide bonds. The van der Waals surface area contributed by atoms with Gasteiger partial charge in [0.2, 0.25) is 0 Å². The summed E-state index contributed by atoms with van der Waals surface area (Å²) in [5.74, 6) is -0.424. The zero-order valence-corrected chi connectivity index (χ0v) is 13.0. The van der Waals surface area contributed by atoms with Gasteiger partial charge in [-0.05, 0) is 12.1 Å². The Labute approximate surface area is 137 Å². The van der Waals surface area contributed by atoms with Gasteiger partial charge in [-0.1, -0.05) is 18.2 Å². The molecule has 24 heavy (non-hydrogen) atoms. The van der Waals surface area contributed by atoms with Gasteiger partial charge in [-0.2, -0.15) is 5.06 Å². The van der Waals surface area contributed by atoms with Crippen molar-refractivity contribution in [1.29, 1.82) is 0 Å². The second-order valence-electron chi connectivity index (χ2n) is 5.52. The minimum Gasteiger partial charge on any atom is -0.459 e. The molecule has 2 heterocycles. The minimum atomic E-state index is -0.557. The molecule has 1 aliphatic rings. The Kier molecular flexibility index (Phi) is 4.59. The molecule has 0 aliphatic carbocycles. The quantitative estimate of drug-likeness (QED) is 0.795. The van der Waals surface area contributed by atoms with Gasteiger partial charge in [-0.3, -0.25) is 14.6 Å². The molecule has 0 spiro atoms. The molecule has 2 aromatic rings. The molecule has 0 radical (unpaired) electrons. The van der Waals surface area contributed by atoms with E-state index in [1.165, 1.54) is 11.3 Å². The minimum absolute atomic E-state index is 0.0792. The first-order chi connectivity index (χ1) is 11.5. The van der Waals surface area contributed by atoms with Crippen LogP contribution in [0.4, 0.5) is 0 Å². The number of carbonyl (C=O) groups excluding carboxylic acids is 1. The van der Waals surface area contributed by atoms with Crippen LogP contribution in [-0.2, 0) is 9.57 Å². The lowest BCUT2D eigenvalue weighted by Crippen LogP contribution is -2.29. The number of aromatic nitrogens is 2. The first-order valence-electron chi connectivity index (χ1n) is 7.48. The van der Waals surface area contributed by atoms with Crippen LogP contribution in [0.25, 0.3) is 0 Å². The highest BCUT2D eigenvalue weighted by Gasteiger charge is 2.34. The largest absolute Gasteiger partial charge is 0.459 e. The summed E-state index contributed by atoms with van der Waals surface area (Å²) in [6.45, 7) is 0.0792. The van der Waals surface area contributed by atoms with Gasteiger partial charge in [-0.15, -0.1) is 0 Å². The standard InChI is InChI=1S/C16H17N3O5/c1-19-13(12-8-17-16(22)18-14(12)20)7-11(24-19)9-23-15(21)10-5-3-2-4-6-10/h2-6,8,11,13H,7,9H2,1H3,(H2,17,18,20,22)/t11-,13+/m1/s1. The molecule has 1 fully saturated rings. The van der Waals surface area contributed by atoms with Gasteiger partial charge in [0.25, 0.3) is 5.56 Å². The highest BCUT2D eigenvalue weighted by molar-refractivity contribution is 5.89. The fraction of sp³-hybridized carbons (Fsp3) is 0.312. The molecular formula is C16H17N3O5. The second kappa shape index (κ2) is 6.81. The van der Waals surface area contributed by atoms with Crippen molar-refractivity contribution in [1.82, 2.24) is 15.0 Å². The van der Waals surface area contributed by atoms with Crippen LogP contribution in [0.3, 0.4) is 0 Å². The van der Waals surface area contributed by atoms with Gasteiger partial charge >= 0.3 is 11.7 Å². The summed E-state index contributed by atoms with van der Waals surface area (Å²) in [7, 11) is 1.69. The molecule has 1 aromatic carbocycles. The third kappa shape index (κ3) is 3.44. The number of benzene rings is 1. The number of carbonyl (C=O) groups is 1. The number of rotatable bonds is 4. The Bertz CT molecular complexity index is 829. The van der Waals surface area contributed by atoms with Crippen LogP contribution in [0, 0.1) is 0 Å². The number of esters is 1. The van der Waals surface area contributed by atoms with E-state index in [4.69, 9.17) is 9.57 Å². The molecule has 0 saturated carbocycles. The zero-order chi connectivity index (χ0) is 17.1. The van der Waals surface area contributed by atoms with E-state index < -0.39 is 17.2 Å². The molecule has 8 heteroatoms. The highest BCUT2D eigenvalue weighted by Crippen LogP contribution is 2.30. The van der Waals surface area contributed by atoms with Crippen LogP contribution < -0.4 is 11.2 Å². The maximum absolute atomic E-state index is 11.9. The Balaban J connectivity index is 1.63. The number of nitrogens with zero attached hydrogens (tertiary/aromatic N) is 1. The Morgan fingerprint density at radius 2 is 2.08 bits per heavy atom. The summed E-state index contributed by atoms with van der Waals surface area (Å²) >= 11 is 0. The van der Waals surface area contributed by atoms with Gasteiger partial charge in [-0.25, -0.2) is 9.59 Å². The lowest BCUT2D eigenvalue weighted by Gasteiger charge is -2.16. The van der Waals surface area contributed by atoms with Crippen LogP contribution >= 0.6 is 0 Å². The SMILES string of the molecule is CN1O[C@@H](COC(=O)c2ccccc2)C[C@H]1c1c[nH]c(=O)[nH]c1=O. The Hall–Kier alpha value is -2.71. The fourth-order valence-corrected chi connectivity index (χ4v) is 2.66. The molecule has 2 atom stereocenters. The number of hydrogen-bond acceptors (Lipinski definition) is 6. The molecular weight excluding hydrogens is 314 g/mol. The van der Waals surface area contributed by atoms with E-state index in [0.717, 1.165) is 0 Å². The monoisotopic (exact) mass is 331 g/mol. The van der Waals surface area contributed by atoms with Gasteiger partial charge in [0.1, 0.15) is 12.7 Å². The molecule has 2 N–H and O–H groups in total. The van der Waals surface area contributed by atoms with E-state index >= 15 is 0 Å². The topological polar surface area (TPSA) is 104 Å². The van der Waals surface area contributed by atoms with Crippen LogP contribution in [0.2, 0.25) is 0 Å². The molecule has 0 unspecified atom stereocenters. The van der Waals surface area contributed by atoms with E-state index in [0.29, 0.717) is 17.5 Å². The van der Waals surface area contributed by atoms with E-state index in [1.54, 1.807) is 31.3 Å². The van der Waals surface area contributed by atoms with E-state index in [-0.39, 0.29) is 18.8 Å². The summed E-state index contributed by atoms with van der Waals surface area (Å²) in [5, 5.41) is 1.53. The first-order valence-corrected chi connectivity index (χ1v) is 7.48. The maximum Gasteiger partial charge on any atom is 0.338 e. The summed E-state index contributed by atoms with van der Waals surface area (Å²) < 4.78 is 5.26. The van der Waals surface area contributed by atoms with Crippen molar-refractivity contribution in [3.8, 4) is 0 Å². The van der Waals surface area contributed by atoms with E-state index in [1.807, 2.05) is 6.07 Å². The lowest BCUT2D eigenvalue weighted by atomic mass is 10.1. The third-order valence-corrected chi connectivity index (χ3v) is 3.86. The van der Waals surface area contributed by atoms with E-state index in [9.17, 15) is 14.4 Å². The average molecular weight is 331 g/mol. The summed E-state index contributed by atoms with van der Waals surface area (Å²) in [6, 6.07) is 8.35. The zero-order valence-electron chi connectivity index (χ0n) is 13.0. The Morgan fingerprint density at radius 1 is 1.33 bits per heavy atom. The van der Waals surface area contributed by atoms with Crippen molar-refractivity contribution < 1.29 is 14.4 Å². The van der Waals surface area contributed by atoms with Crippen LogP contribution in [0.5, 0.6) is 0 Å². The van der Waals surface area contributed by atoms with Crippen molar-refractivity contribution in [2.45, 2.75) is 18.6 Å². The first kappa shape index (κ1) is 16.2. The molecule has 0 bridgehead atoms. The number of aromatic amines is 2. The van der Waals surface area contributed by atoms with Crippen molar-refractivity contribution in [3.05, 3.63) is 68.5 Å². The third-order valence-electron chi connectivity index (χ3n) is 3.86. The van der Waals surface area contributed by atoms with Crippen LogP contribution in [0.15, 0.2) is 46.1 Å². The lowest BCUT2D eigenvalue weighted by molar-refractivity contribution is -0.154. The van der Waals surface area contributed by atoms with Gasteiger partial charge in [0.15, 0.2) is 0 Å². The predicted molar refractivity (Wildman–Crippen MR) is 84.4 cm³/mol. The smallest absolute Gasteiger partial charge is 0.338 e. The van der Waals surface area contributed by atoms with Crippen molar-refractivity contribution in [2.75, 3.05) is 13.7 Å².